The molecular formula is C12H22O11. The molecule has 1 fully saturated rings. The van der Waals surface area contributed by atoms with Gasteiger partial charge in [-0.3, -0.25) is 0 Å². The van der Waals surface area contributed by atoms with Crippen molar-refractivity contribution in [2.75, 3.05) is 13.2 Å². The molecule has 1 rings (SSSR count). The fourth-order valence-electron chi connectivity index (χ4n) is 2.11. The van der Waals surface area contributed by atoms with Crippen molar-refractivity contribution >= 4 is 6.29 Å². The molecule has 0 amide bonds. The quantitative estimate of drug-likeness (QED) is 0.196. The molecule has 11 heteroatoms. The summed E-state index contributed by atoms with van der Waals surface area (Å²) >= 11 is 0. The van der Waals surface area contributed by atoms with E-state index in [1.165, 1.54) is 0 Å². The predicted molar refractivity (Wildman–Crippen MR) is 69.8 cm³/mol. The highest BCUT2D eigenvalue weighted by molar-refractivity contribution is 5.56. The van der Waals surface area contributed by atoms with Crippen molar-refractivity contribution in [3.8, 4) is 0 Å². The van der Waals surface area contributed by atoms with Crippen molar-refractivity contribution in [2.24, 2.45) is 0 Å². The number of aliphatic hydroxyl groups excluding tert-OH is 8. The van der Waals surface area contributed by atoms with Crippen molar-refractivity contribution in [2.45, 2.75) is 55.1 Å². The monoisotopic (exact) mass is 342 g/mol. The summed E-state index contributed by atoms with van der Waals surface area (Å²) < 4.78 is 10.1. The van der Waals surface area contributed by atoms with Crippen LogP contribution in [0.1, 0.15) is 0 Å². The Hall–Kier alpha value is -0.730. The molecule has 11 nitrogen and oxygen atoms in total. The van der Waals surface area contributed by atoms with Gasteiger partial charge in [0.05, 0.1) is 13.2 Å². The Labute approximate surface area is 130 Å². The van der Waals surface area contributed by atoms with Gasteiger partial charge in [-0.25, -0.2) is 0 Å². The van der Waals surface area contributed by atoms with Gasteiger partial charge < -0.3 is 55.1 Å². The molecule has 0 radical (unpaired) electrons. The largest absolute Gasteiger partial charge is 0.394 e. The van der Waals surface area contributed by atoms with E-state index in [0.29, 0.717) is 0 Å². The normalized spacial score (nSPS) is 37.0. The standard InChI is InChI=1S/C12H22O11/c13-1-4(16)7(18)11(5(17)2-14)23-12-10(21)9(20)8(19)6(3-15)22-12/h1,4-12,14-21H,2-3H2/t4-,5+,6+,7+,8+,9-,10-,11+,12-/m0/s1. The first kappa shape index (κ1) is 20.3. The fourth-order valence-corrected chi connectivity index (χ4v) is 2.11. The first-order valence-electron chi connectivity index (χ1n) is 6.84. The molecule has 1 aliphatic rings. The summed E-state index contributed by atoms with van der Waals surface area (Å²) in [6.45, 7) is -1.64. The number of hydrogen-bond donors (Lipinski definition) is 8. The summed E-state index contributed by atoms with van der Waals surface area (Å²) in [4.78, 5) is 10.5. The van der Waals surface area contributed by atoms with E-state index in [2.05, 4.69) is 0 Å². The van der Waals surface area contributed by atoms with Crippen LogP contribution in [-0.4, -0.2) is 115 Å². The van der Waals surface area contributed by atoms with E-state index < -0.39 is 68.3 Å². The maximum atomic E-state index is 10.5. The second-order valence-electron chi connectivity index (χ2n) is 5.17. The summed E-state index contributed by atoms with van der Waals surface area (Å²) in [7, 11) is 0. The molecule has 8 N–H and O–H groups in total. The van der Waals surface area contributed by atoms with Gasteiger partial charge in [0.1, 0.15) is 48.8 Å². The first-order chi connectivity index (χ1) is 10.8. The van der Waals surface area contributed by atoms with Crippen LogP contribution in [-0.2, 0) is 14.3 Å². The lowest BCUT2D eigenvalue weighted by Gasteiger charge is -2.42. The third kappa shape index (κ3) is 4.64. The zero-order chi connectivity index (χ0) is 17.7. The van der Waals surface area contributed by atoms with Gasteiger partial charge in [0.2, 0.25) is 0 Å². The average Bonchev–Trinajstić information content (AvgIpc) is 2.57. The van der Waals surface area contributed by atoms with Crippen LogP contribution < -0.4 is 0 Å². The zero-order valence-corrected chi connectivity index (χ0v) is 12.0. The van der Waals surface area contributed by atoms with E-state index in [4.69, 9.17) is 19.7 Å². The summed E-state index contributed by atoms with van der Waals surface area (Å²) in [6.07, 6.45) is -15.7. The predicted octanol–water partition coefficient (Wildman–Crippen LogP) is -5.55. The lowest BCUT2D eigenvalue weighted by atomic mass is 9.98. The third-order valence-electron chi connectivity index (χ3n) is 3.53. The van der Waals surface area contributed by atoms with Crippen LogP contribution in [0.15, 0.2) is 0 Å². The smallest absolute Gasteiger partial charge is 0.187 e. The summed E-state index contributed by atoms with van der Waals surface area (Å²) in [5.41, 5.74) is 0. The highest BCUT2D eigenvalue weighted by Crippen LogP contribution is 2.24. The molecule has 1 heterocycles. The molecule has 0 unspecified atom stereocenters. The molecule has 23 heavy (non-hydrogen) atoms. The number of aliphatic hydroxyl groups is 8. The molecule has 0 aromatic heterocycles. The molecule has 0 bridgehead atoms. The van der Waals surface area contributed by atoms with Crippen LogP contribution in [0.3, 0.4) is 0 Å². The molecule has 0 aromatic rings. The summed E-state index contributed by atoms with van der Waals surface area (Å²) in [6, 6.07) is 0. The highest BCUT2D eigenvalue weighted by Gasteiger charge is 2.46. The van der Waals surface area contributed by atoms with Crippen molar-refractivity contribution in [1.82, 2.24) is 0 Å². The lowest BCUT2D eigenvalue weighted by molar-refractivity contribution is -0.326. The maximum Gasteiger partial charge on any atom is 0.187 e. The van der Waals surface area contributed by atoms with E-state index in [-0.39, 0.29) is 6.29 Å². The number of carbonyl (C=O) groups excluding carboxylic acids is 1. The van der Waals surface area contributed by atoms with E-state index in [9.17, 15) is 35.4 Å². The fraction of sp³-hybridized carbons (Fsp3) is 0.917. The molecule has 0 aliphatic carbocycles. The summed E-state index contributed by atoms with van der Waals surface area (Å²) in [5.74, 6) is 0. The Morgan fingerprint density at radius 3 is 2.13 bits per heavy atom. The van der Waals surface area contributed by atoms with Crippen molar-refractivity contribution in [3.05, 3.63) is 0 Å². The Balaban J connectivity index is 2.91. The SMILES string of the molecule is O=C[C@H](O)[C@@H](O)[C@H](O[C@@H]1O[C@H](CO)[C@@H](O)[C@H](O)[C@@H]1O)[C@H](O)CO. The van der Waals surface area contributed by atoms with Crippen LogP contribution in [0, 0.1) is 0 Å². The lowest BCUT2D eigenvalue weighted by Crippen LogP contribution is -2.61. The molecule has 1 aliphatic heterocycles. The van der Waals surface area contributed by atoms with Gasteiger partial charge in [-0.2, -0.15) is 0 Å². The van der Waals surface area contributed by atoms with E-state index in [1.807, 2.05) is 0 Å². The minimum Gasteiger partial charge on any atom is -0.394 e. The van der Waals surface area contributed by atoms with Gasteiger partial charge in [-0.15, -0.1) is 0 Å². The van der Waals surface area contributed by atoms with Crippen LogP contribution in [0.2, 0.25) is 0 Å². The molecule has 0 spiro atoms. The number of rotatable bonds is 8. The minimum atomic E-state index is -1.97. The highest BCUT2D eigenvalue weighted by atomic mass is 16.7. The number of aldehydes is 1. The van der Waals surface area contributed by atoms with Crippen LogP contribution in [0.25, 0.3) is 0 Å². The third-order valence-corrected chi connectivity index (χ3v) is 3.53. The van der Waals surface area contributed by atoms with Crippen LogP contribution in [0.5, 0.6) is 0 Å². The van der Waals surface area contributed by atoms with Crippen LogP contribution in [0.4, 0.5) is 0 Å². The van der Waals surface area contributed by atoms with Gasteiger partial charge in [0.25, 0.3) is 0 Å². The minimum absolute atomic E-state index is 0.0294. The van der Waals surface area contributed by atoms with Crippen molar-refractivity contribution < 1.29 is 55.1 Å². The Bertz CT molecular complexity index is 365. The maximum absolute atomic E-state index is 10.5. The Kier molecular flexibility index (Phi) is 7.89. The van der Waals surface area contributed by atoms with E-state index in [0.717, 1.165) is 0 Å². The van der Waals surface area contributed by atoms with E-state index >= 15 is 0 Å². The van der Waals surface area contributed by atoms with Gasteiger partial charge >= 0.3 is 0 Å². The molecule has 1 saturated heterocycles. The van der Waals surface area contributed by atoms with E-state index in [1.54, 1.807) is 0 Å². The molecular weight excluding hydrogens is 320 g/mol. The molecule has 0 saturated carbocycles. The van der Waals surface area contributed by atoms with Crippen LogP contribution >= 0.6 is 0 Å². The number of ether oxygens (including phenoxy) is 2. The molecule has 9 atom stereocenters. The second-order valence-corrected chi connectivity index (χ2v) is 5.17. The Morgan fingerprint density at radius 2 is 1.65 bits per heavy atom. The van der Waals surface area contributed by atoms with Gasteiger partial charge in [-0.05, 0) is 0 Å². The number of hydrogen-bond acceptors (Lipinski definition) is 11. The second kappa shape index (κ2) is 8.94. The molecule has 136 valence electrons. The summed E-state index contributed by atoms with van der Waals surface area (Å²) in [5, 5.41) is 75.7. The number of carbonyl (C=O) groups is 1. The van der Waals surface area contributed by atoms with Crippen molar-refractivity contribution in [3.63, 3.8) is 0 Å². The van der Waals surface area contributed by atoms with Gasteiger partial charge in [-0.1, -0.05) is 0 Å². The average molecular weight is 342 g/mol. The topological polar surface area (TPSA) is 197 Å². The van der Waals surface area contributed by atoms with Gasteiger partial charge in [0.15, 0.2) is 12.6 Å². The zero-order valence-electron chi connectivity index (χ0n) is 12.0. The first-order valence-corrected chi connectivity index (χ1v) is 6.84. The van der Waals surface area contributed by atoms with Gasteiger partial charge in [0, 0.05) is 0 Å². The van der Waals surface area contributed by atoms with Crippen molar-refractivity contribution in [1.29, 1.82) is 0 Å². The Morgan fingerprint density at radius 1 is 1.04 bits per heavy atom. The molecule has 0 aromatic carbocycles.